The molecule has 114 valence electrons. The molecule has 0 aliphatic heterocycles. The van der Waals surface area contributed by atoms with Gasteiger partial charge in [0.1, 0.15) is 0 Å². The minimum Gasteiger partial charge on any atom is -0.392 e. The van der Waals surface area contributed by atoms with Crippen LogP contribution < -0.4 is 0 Å². The van der Waals surface area contributed by atoms with Crippen LogP contribution in [0.5, 0.6) is 0 Å². The van der Waals surface area contributed by atoms with Crippen LogP contribution in [0.4, 0.5) is 0 Å². The molecule has 21 heavy (non-hydrogen) atoms. The number of aromatic nitrogens is 2. The molecule has 2 aromatic rings. The maximum absolute atomic E-state index is 9.54. The smallest absolute Gasteiger partial charge is 0.241 e. The van der Waals surface area contributed by atoms with Gasteiger partial charge >= 0.3 is 0 Å². The summed E-state index contributed by atoms with van der Waals surface area (Å²) in [5, 5.41) is 14.2. The zero-order valence-electron chi connectivity index (χ0n) is 12.5. The number of aliphatic hydroxyl groups is 1. The van der Waals surface area contributed by atoms with E-state index in [9.17, 15) is 5.11 Å². The number of halogens is 1. The van der Waals surface area contributed by atoms with Crippen molar-refractivity contribution >= 4 is 11.6 Å². The fourth-order valence-electron chi connectivity index (χ4n) is 2.01. The zero-order valence-corrected chi connectivity index (χ0v) is 13.2. The van der Waals surface area contributed by atoms with Crippen molar-refractivity contribution in [1.29, 1.82) is 0 Å². The van der Waals surface area contributed by atoms with E-state index in [0.717, 1.165) is 5.56 Å². The summed E-state index contributed by atoms with van der Waals surface area (Å²) in [4.78, 5) is 6.48. The Kier molecular flexibility index (Phi) is 5.33. The highest BCUT2D eigenvalue weighted by molar-refractivity contribution is 6.30. The second kappa shape index (κ2) is 7.02. The van der Waals surface area contributed by atoms with E-state index in [1.807, 2.05) is 12.1 Å². The van der Waals surface area contributed by atoms with Crippen molar-refractivity contribution in [1.82, 2.24) is 15.0 Å². The highest BCUT2D eigenvalue weighted by atomic mass is 35.5. The van der Waals surface area contributed by atoms with Crippen molar-refractivity contribution in [2.24, 2.45) is 0 Å². The van der Waals surface area contributed by atoms with Crippen LogP contribution >= 0.6 is 11.6 Å². The molecule has 0 saturated carbocycles. The minimum absolute atomic E-state index is 0.283. The topological polar surface area (TPSA) is 62.4 Å². The molecular weight excluding hydrogens is 290 g/mol. The van der Waals surface area contributed by atoms with Crippen LogP contribution in [0.25, 0.3) is 11.4 Å². The summed E-state index contributed by atoms with van der Waals surface area (Å²) in [6, 6.07) is 7.58. The molecule has 5 nitrogen and oxygen atoms in total. The van der Waals surface area contributed by atoms with Crippen molar-refractivity contribution in [3.05, 3.63) is 35.2 Å². The Balaban J connectivity index is 2.10. The lowest BCUT2D eigenvalue weighted by Gasteiger charge is -2.25. The lowest BCUT2D eigenvalue weighted by Crippen LogP contribution is -2.36. The molecule has 1 unspecified atom stereocenters. The van der Waals surface area contributed by atoms with E-state index in [1.54, 1.807) is 19.1 Å². The maximum Gasteiger partial charge on any atom is 0.241 e. The highest BCUT2D eigenvalue weighted by Crippen LogP contribution is 2.19. The molecule has 0 aliphatic rings. The summed E-state index contributed by atoms with van der Waals surface area (Å²) >= 11 is 5.86. The Morgan fingerprint density at radius 1 is 1.24 bits per heavy atom. The van der Waals surface area contributed by atoms with E-state index in [4.69, 9.17) is 16.1 Å². The Bertz CT molecular complexity index is 567. The SMILES string of the molecule is CC(O)CN(Cc1nc(-c2ccc(Cl)cc2)no1)C(C)C. The monoisotopic (exact) mass is 309 g/mol. The first-order valence-corrected chi connectivity index (χ1v) is 7.34. The molecule has 0 aliphatic carbocycles. The van der Waals surface area contributed by atoms with E-state index in [1.165, 1.54) is 0 Å². The first-order valence-electron chi connectivity index (χ1n) is 6.96. The van der Waals surface area contributed by atoms with Gasteiger partial charge in [-0.15, -0.1) is 0 Å². The number of hydrogen-bond acceptors (Lipinski definition) is 5. The number of rotatable bonds is 6. The molecule has 1 atom stereocenters. The van der Waals surface area contributed by atoms with Gasteiger partial charge in [0.2, 0.25) is 11.7 Å². The molecule has 0 fully saturated rings. The number of benzene rings is 1. The first kappa shape index (κ1) is 15.9. The Morgan fingerprint density at radius 3 is 2.48 bits per heavy atom. The van der Waals surface area contributed by atoms with Gasteiger partial charge in [0.15, 0.2) is 0 Å². The van der Waals surface area contributed by atoms with Crippen LogP contribution in [-0.2, 0) is 6.54 Å². The van der Waals surface area contributed by atoms with Gasteiger partial charge in [0.05, 0.1) is 12.6 Å². The molecule has 0 amide bonds. The zero-order chi connectivity index (χ0) is 15.4. The molecule has 1 aromatic carbocycles. The maximum atomic E-state index is 9.54. The fraction of sp³-hybridized carbons (Fsp3) is 0.467. The molecule has 0 radical (unpaired) electrons. The Labute approximate surface area is 129 Å². The lowest BCUT2D eigenvalue weighted by atomic mass is 10.2. The van der Waals surface area contributed by atoms with Crippen LogP contribution in [-0.4, -0.2) is 38.8 Å². The van der Waals surface area contributed by atoms with E-state index < -0.39 is 6.10 Å². The predicted molar refractivity (Wildman–Crippen MR) is 82.0 cm³/mol. The van der Waals surface area contributed by atoms with Crippen LogP contribution in [0.2, 0.25) is 5.02 Å². The quantitative estimate of drug-likeness (QED) is 0.889. The largest absolute Gasteiger partial charge is 0.392 e. The third kappa shape index (κ3) is 4.52. The molecule has 0 saturated heterocycles. The summed E-state index contributed by atoms with van der Waals surface area (Å²) in [7, 11) is 0. The average Bonchev–Trinajstić information content (AvgIpc) is 2.87. The van der Waals surface area contributed by atoms with Gasteiger partial charge < -0.3 is 9.63 Å². The molecule has 2 rings (SSSR count). The van der Waals surface area contributed by atoms with Crippen molar-refractivity contribution < 1.29 is 9.63 Å². The molecule has 0 bridgehead atoms. The minimum atomic E-state index is -0.397. The van der Waals surface area contributed by atoms with E-state index in [0.29, 0.717) is 29.8 Å². The number of aliphatic hydroxyl groups excluding tert-OH is 1. The highest BCUT2D eigenvalue weighted by Gasteiger charge is 2.17. The first-order chi connectivity index (χ1) is 9.95. The van der Waals surface area contributed by atoms with Gasteiger partial charge in [-0.25, -0.2) is 0 Å². The van der Waals surface area contributed by atoms with Crippen molar-refractivity contribution in [3.63, 3.8) is 0 Å². The normalized spacial score (nSPS) is 13.1. The van der Waals surface area contributed by atoms with Gasteiger partial charge in [-0.05, 0) is 45.0 Å². The predicted octanol–water partition coefficient (Wildman–Crippen LogP) is 2.98. The Hall–Kier alpha value is -1.43. The van der Waals surface area contributed by atoms with Gasteiger partial charge in [0, 0.05) is 23.2 Å². The van der Waals surface area contributed by atoms with Crippen LogP contribution in [0.15, 0.2) is 28.8 Å². The van der Waals surface area contributed by atoms with Crippen molar-refractivity contribution in [3.8, 4) is 11.4 Å². The summed E-state index contributed by atoms with van der Waals surface area (Å²) < 4.78 is 5.29. The summed E-state index contributed by atoms with van der Waals surface area (Å²) in [5.41, 5.74) is 0.862. The van der Waals surface area contributed by atoms with Gasteiger partial charge in [-0.3, -0.25) is 4.90 Å². The molecule has 1 N–H and O–H groups in total. The average molecular weight is 310 g/mol. The fourth-order valence-corrected chi connectivity index (χ4v) is 2.13. The summed E-state index contributed by atoms with van der Waals surface area (Å²) in [5.74, 6) is 1.08. The second-order valence-corrected chi connectivity index (χ2v) is 5.83. The van der Waals surface area contributed by atoms with Crippen molar-refractivity contribution in [2.75, 3.05) is 6.54 Å². The van der Waals surface area contributed by atoms with Crippen LogP contribution in [0.3, 0.4) is 0 Å². The Morgan fingerprint density at radius 2 is 1.90 bits per heavy atom. The van der Waals surface area contributed by atoms with E-state index in [2.05, 4.69) is 28.9 Å². The van der Waals surface area contributed by atoms with Gasteiger partial charge in [-0.2, -0.15) is 4.98 Å². The van der Waals surface area contributed by atoms with Gasteiger partial charge in [-0.1, -0.05) is 16.8 Å². The van der Waals surface area contributed by atoms with Crippen molar-refractivity contribution in [2.45, 2.75) is 39.5 Å². The molecule has 1 heterocycles. The standard InChI is InChI=1S/C15H20ClN3O2/c1-10(2)19(8-11(3)20)9-14-17-15(18-21-14)12-4-6-13(16)7-5-12/h4-7,10-11,20H,8-9H2,1-3H3. The van der Waals surface area contributed by atoms with E-state index in [-0.39, 0.29) is 6.04 Å². The third-order valence-electron chi connectivity index (χ3n) is 3.14. The number of hydrogen-bond donors (Lipinski definition) is 1. The summed E-state index contributed by atoms with van der Waals surface area (Å²) in [6.45, 7) is 6.99. The molecular formula is C15H20ClN3O2. The molecule has 6 heteroatoms. The number of nitrogens with zero attached hydrogens (tertiary/aromatic N) is 3. The molecule has 0 spiro atoms. The molecule has 1 aromatic heterocycles. The van der Waals surface area contributed by atoms with E-state index >= 15 is 0 Å². The van der Waals surface area contributed by atoms with Crippen LogP contribution in [0, 0.1) is 0 Å². The lowest BCUT2D eigenvalue weighted by molar-refractivity contribution is 0.0943. The summed E-state index contributed by atoms with van der Waals surface area (Å²) in [6.07, 6.45) is -0.397. The van der Waals surface area contributed by atoms with Gasteiger partial charge in [0.25, 0.3) is 0 Å². The van der Waals surface area contributed by atoms with Crippen LogP contribution in [0.1, 0.15) is 26.7 Å². The second-order valence-electron chi connectivity index (χ2n) is 5.39. The third-order valence-corrected chi connectivity index (χ3v) is 3.39.